The number of aromatic nitrogens is 4. The molecule has 0 aliphatic heterocycles. The highest BCUT2D eigenvalue weighted by Crippen LogP contribution is 2.27. The highest BCUT2D eigenvalue weighted by Gasteiger charge is 2.12. The molecule has 0 saturated carbocycles. The van der Waals surface area contributed by atoms with E-state index in [1.807, 2.05) is 25.4 Å². The lowest BCUT2D eigenvalue weighted by Crippen LogP contribution is -1.95. The molecule has 124 valence electrons. The van der Waals surface area contributed by atoms with Gasteiger partial charge in [-0.1, -0.05) is 59.8 Å². The van der Waals surface area contributed by atoms with E-state index in [-0.39, 0.29) is 0 Å². The number of aryl methyl sites for hydroxylation is 1. The van der Waals surface area contributed by atoms with Crippen LogP contribution in [0.4, 0.5) is 0 Å². The third-order valence-electron chi connectivity index (χ3n) is 4.18. The zero-order chi connectivity index (χ0) is 17.2. The van der Waals surface area contributed by atoms with E-state index in [1.165, 1.54) is 16.5 Å². The van der Waals surface area contributed by atoms with Crippen molar-refractivity contribution in [1.82, 2.24) is 19.7 Å². The molecular formula is C20H18N4S. The Morgan fingerprint density at radius 1 is 1.00 bits per heavy atom. The van der Waals surface area contributed by atoms with Crippen LogP contribution in [0.15, 0.2) is 66.0 Å². The normalized spacial score (nSPS) is 11.1. The summed E-state index contributed by atoms with van der Waals surface area (Å²) in [6.45, 7) is 2.09. The van der Waals surface area contributed by atoms with Gasteiger partial charge in [-0.25, -0.2) is 0 Å². The second-order valence-corrected chi connectivity index (χ2v) is 6.96. The van der Waals surface area contributed by atoms with Crippen LogP contribution in [0, 0.1) is 6.92 Å². The van der Waals surface area contributed by atoms with E-state index in [0.29, 0.717) is 0 Å². The fourth-order valence-electron chi connectivity index (χ4n) is 2.90. The molecule has 4 aromatic rings. The van der Waals surface area contributed by atoms with Gasteiger partial charge in [0.1, 0.15) is 0 Å². The summed E-state index contributed by atoms with van der Waals surface area (Å²) in [5.74, 6) is 1.70. The molecule has 0 bridgehead atoms. The zero-order valence-electron chi connectivity index (χ0n) is 14.2. The van der Waals surface area contributed by atoms with Gasteiger partial charge in [0.2, 0.25) is 0 Å². The standard InChI is InChI=1S/C20H18N4S/c1-14-6-3-8-16(12-14)19-22-23-20(24(19)2)25-13-17-9-4-7-15-10-5-11-21-18(15)17/h3-12H,13H2,1-2H3. The van der Waals surface area contributed by atoms with Crippen molar-refractivity contribution < 1.29 is 0 Å². The molecule has 0 spiro atoms. The average Bonchev–Trinajstić information content (AvgIpc) is 3.00. The Hall–Kier alpha value is -2.66. The Kier molecular flexibility index (Phi) is 4.24. The van der Waals surface area contributed by atoms with Gasteiger partial charge in [0.05, 0.1) is 5.52 Å². The lowest BCUT2D eigenvalue weighted by Gasteiger charge is -2.06. The van der Waals surface area contributed by atoms with Crippen molar-refractivity contribution in [2.24, 2.45) is 7.05 Å². The number of para-hydroxylation sites is 1. The number of benzene rings is 2. The molecule has 5 heteroatoms. The molecular weight excluding hydrogens is 328 g/mol. The molecule has 25 heavy (non-hydrogen) atoms. The highest BCUT2D eigenvalue weighted by molar-refractivity contribution is 7.98. The molecule has 0 atom stereocenters. The maximum atomic E-state index is 4.52. The van der Waals surface area contributed by atoms with E-state index >= 15 is 0 Å². The van der Waals surface area contributed by atoms with Gasteiger partial charge in [0.15, 0.2) is 11.0 Å². The highest BCUT2D eigenvalue weighted by atomic mass is 32.2. The average molecular weight is 346 g/mol. The molecule has 0 unspecified atom stereocenters. The minimum atomic E-state index is 0.814. The fourth-order valence-corrected chi connectivity index (χ4v) is 3.80. The van der Waals surface area contributed by atoms with Crippen molar-refractivity contribution >= 4 is 22.7 Å². The molecule has 0 N–H and O–H groups in total. The first-order valence-corrected chi connectivity index (χ1v) is 9.13. The first-order valence-electron chi connectivity index (χ1n) is 8.14. The van der Waals surface area contributed by atoms with Gasteiger partial charge in [-0.3, -0.25) is 4.98 Å². The molecule has 0 aliphatic carbocycles. The number of nitrogens with zero attached hydrogens (tertiary/aromatic N) is 4. The Labute approximate surface area is 150 Å². The predicted molar refractivity (Wildman–Crippen MR) is 102 cm³/mol. The molecule has 2 heterocycles. The summed E-state index contributed by atoms with van der Waals surface area (Å²) in [7, 11) is 2.02. The quantitative estimate of drug-likeness (QED) is 0.505. The minimum absolute atomic E-state index is 0.814. The van der Waals surface area contributed by atoms with Crippen molar-refractivity contribution in [3.05, 3.63) is 71.9 Å². The molecule has 2 aromatic carbocycles. The summed E-state index contributed by atoms with van der Waals surface area (Å²) in [5.41, 5.74) is 4.58. The number of rotatable bonds is 4. The Balaban J connectivity index is 1.60. The third-order valence-corrected chi connectivity index (χ3v) is 5.25. The maximum absolute atomic E-state index is 4.52. The van der Waals surface area contributed by atoms with Crippen LogP contribution < -0.4 is 0 Å². The van der Waals surface area contributed by atoms with Crippen molar-refractivity contribution in [3.8, 4) is 11.4 Å². The molecule has 0 amide bonds. The van der Waals surface area contributed by atoms with Crippen LogP contribution >= 0.6 is 11.8 Å². The topological polar surface area (TPSA) is 43.6 Å². The summed E-state index contributed by atoms with van der Waals surface area (Å²) in [4.78, 5) is 4.52. The summed E-state index contributed by atoms with van der Waals surface area (Å²) in [6, 6.07) is 18.7. The summed E-state index contributed by atoms with van der Waals surface area (Å²) < 4.78 is 2.05. The van der Waals surface area contributed by atoms with E-state index in [0.717, 1.165) is 27.8 Å². The number of thioether (sulfide) groups is 1. The van der Waals surface area contributed by atoms with Gasteiger partial charge in [-0.05, 0) is 24.6 Å². The molecule has 0 radical (unpaired) electrons. The monoisotopic (exact) mass is 346 g/mol. The van der Waals surface area contributed by atoms with Crippen molar-refractivity contribution in [2.75, 3.05) is 0 Å². The van der Waals surface area contributed by atoms with Crippen LogP contribution in [-0.2, 0) is 12.8 Å². The number of hydrogen-bond donors (Lipinski definition) is 0. The molecule has 2 aromatic heterocycles. The van der Waals surface area contributed by atoms with E-state index in [9.17, 15) is 0 Å². The third kappa shape index (κ3) is 3.15. The lowest BCUT2D eigenvalue weighted by atomic mass is 10.1. The smallest absolute Gasteiger partial charge is 0.191 e. The minimum Gasteiger partial charge on any atom is -0.305 e. The van der Waals surface area contributed by atoms with Gasteiger partial charge >= 0.3 is 0 Å². The first kappa shape index (κ1) is 15.8. The van der Waals surface area contributed by atoms with E-state index in [1.54, 1.807) is 11.8 Å². The van der Waals surface area contributed by atoms with E-state index in [4.69, 9.17) is 0 Å². The van der Waals surface area contributed by atoms with Crippen LogP contribution in [0.2, 0.25) is 0 Å². The Morgan fingerprint density at radius 3 is 2.72 bits per heavy atom. The Bertz CT molecular complexity index is 1030. The zero-order valence-corrected chi connectivity index (χ0v) is 15.0. The summed E-state index contributed by atoms with van der Waals surface area (Å²) in [5, 5.41) is 10.8. The first-order chi connectivity index (χ1) is 12.2. The van der Waals surface area contributed by atoms with Crippen LogP contribution in [0.1, 0.15) is 11.1 Å². The second-order valence-electron chi connectivity index (χ2n) is 6.02. The van der Waals surface area contributed by atoms with Crippen LogP contribution in [-0.4, -0.2) is 19.7 Å². The second kappa shape index (κ2) is 6.69. The lowest BCUT2D eigenvalue weighted by molar-refractivity contribution is 0.794. The van der Waals surface area contributed by atoms with Crippen molar-refractivity contribution in [2.45, 2.75) is 17.8 Å². The van der Waals surface area contributed by atoms with Gasteiger partial charge in [-0.15, -0.1) is 10.2 Å². The molecule has 4 nitrogen and oxygen atoms in total. The van der Waals surface area contributed by atoms with Gasteiger partial charge in [0, 0.05) is 29.9 Å². The maximum Gasteiger partial charge on any atom is 0.191 e. The van der Waals surface area contributed by atoms with Crippen LogP contribution in [0.25, 0.3) is 22.3 Å². The van der Waals surface area contributed by atoms with E-state index < -0.39 is 0 Å². The van der Waals surface area contributed by atoms with Gasteiger partial charge in [-0.2, -0.15) is 0 Å². The van der Waals surface area contributed by atoms with Gasteiger partial charge in [0.25, 0.3) is 0 Å². The van der Waals surface area contributed by atoms with Crippen molar-refractivity contribution in [1.29, 1.82) is 0 Å². The molecule has 0 fully saturated rings. The van der Waals surface area contributed by atoms with E-state index in [2.05, 4.69) is 69.1 Å². The summed E-state index contributed by atoms with van der Waals surface area (Å²) >= 11 is 1.68. The van der Waals surface area contributed by atoms with Crippen LogP contribution in [0.3, 0.4) is 0 Å². The molecule has 4 rings (SSSR count). The van der Waals surface area contributed by atoms with Gasteiger partial charge < -0.3 is 4.57 Å². The fraction of sp³-hybridized carbons (Fsp3) is 0.150. The number of pyridine rings is 1. The number of fused-ring (bicyclic) bond motifs is 1. The number of hydrogen-bond acceptors (Lipinski definition) is 4. The van der Waals surface area contributed by atoms with Crippen molar-refractivity contribution in [3.63, 3.8) is 0 Å². The Morgan fingerprint density at radius 2 is 1.84 bits per heavy atom. The predicted octanol–water partition coefficient (Wildman–Crippen LogP) is 4.63. The summed E-state index contributed by atoms with van der Waals surface area (Å²) in [6.07, 6.45) is 1.84. The largest absolute Gasteiger partial charge is 0.305 e. The molecule has 0 saturated heterocycles. The van der Waals surface area contributed by atoms with Crippen LogP contribution in [0.5, 0.6) is 0 Å². The molecule has 0 aliphatic rings. The SMILES string of the molecule is Cc1cccc(-c2nnc(SCc3cccc4cccnc34)n2C)c1.